The Labute approximate surface area is 169 Å². The van der Waals surface area contributed by atoms with E-state index in [0.29, 0.717) is 5.69 Å². The number of thiazole rings is 1. The van der Waals surface area contributed by atoms with Gasteiger partial charge in [0, 0.05) is 37.1 Å². The van der Waals surface area contributed by atoms with Crippen LogP contribution in [0.5, 0.6) is 0 Å². The molecule has 3 heterocycles. The average molecular weight is 396 g/mol. The highest BCUT2D eigenvalue weighted by Crippen LogP contribution is 2.32. The third kappa shape index (κ3) is 3.72. The summed E-state index contributed by atoms with van der Waals surface area (Å²) in [5.41, 5.74) is 3.42. The maximum Gasteiger partial charge on any atom is 0.273 e. The molecule has 1 aromatic carbocycles. The van der Waals surface area contributed by atoms with Crippen LogP contribution >= 0.6 is 11.3 Å². The highest BCUT2D eigenvalue weighted by atomic mass is 32.1. The third-order valence-corrected chi connectivity index (χ3v) is 6.40. The summed E-state index contributed by atoms with van der Waals surface area (Å²) in [5.74, 6) is 0.00204. The number of hydrogen-bond acceptors (Lipinski definition) is 5. The fourth-order valence-corrected chi connectivity index (χ4v) is 4.55. The highest BCUT2D eigenvalue weighted by Gasteiger charge is 2.27. The van der Waals surface area contributed by atoms with Crippen molar-refractivity contribution in [3.63, 3.8) is 0 Å². The van der Waals surface area contributed by atoms with Crippen molar-refractivity contribution in [3.8, 4) is 21.8 Å². The van der Waals surface area contributed by atoms with Crippen LogP contribution in [0.2, 0.25) is 0 Å². The van der Waals surface area contributed by atoms with Crippen LogP contribution in [-0.2, 0) is 0 Å². The lowest BCUT2D eigenvalue weighted by atomic mass is 10.0. The monoisotopic (exact) mass is 395 g/mol. The normalized spacial score (nSPS) is 15.6. The minimum absolute atomic E-state index is 0.00204. The molecule has 0 unspecified atom stereocenters. The van der Waals surface area contributed by atoms with Crippen LogP contribution in [-0.4, -0.2) is 63.6 Å². The largest absolute Gasteiger partial charge is 0.337 e. The smallest absolute Gasteiger partial charge is 0.273 e. The SMILES string of the molecule is CCN1CCC(N(C)C(=O)c2csc(-c3cn[nH]c3-c3ccccc3)n2)CC1. The number of H-pyrrole nitrogens is 1. The van der Waals surface area contributed by atoms with Gasteiger partial charge in [0.15, 0.2) is 0 Å². The summed E-state index contributed by atoms with van der Waals surface area (Å²) in [4.78, 5) is 21.9. The van der Waals surface area contributed by atoms with E-state index >= 15 is 0 Å². The van der Waals surface area contributed by atoms with Gasteiger partial charge in [0.25, 0.3) is 5.91 Å². The average Bonchev–Trinajstić information content (AvgIpc) is 3.43. The number of rotatable bonds is 5. The summed E-state index contributed by atoms with van der Waals surface area (Å²) in [6.07, 6.45) is 3.82. The number of piperidine rings is 1. The molecular formula is C21H25N5OS. The fourth-order valence-electron chi connectivity index (χ4n) is 3.74. The minimum atomic E-state index is 0.00204. The highest BCUT2D eigenvalue weighted by molar-refractivity contribution is 7.13. The van der Waals surface area contributed by atoms with Gasteiger partial charge in [-0.3, -0.25) is 9.89 Å². The van der Waals surface area contributed by atoms with Crippen molar-refractivity contribution in [1.82, 2.24) is 25.0 Å². The first-order valence-electron chi connectivity index (χ1n) is 9.71. The van der Waals surface area contributed by atoms with Crippen LogP contribution in [0.15, 0.2) is 41.9 Å². The van der Waals surface area contributed by atoms with E-state index in [4.69, 9.17) is 0 Å². The molecule has 1 aliphatic rings. The zero-order chi connectivity index (χ0) is 19.5. The Morgan fingerprint density at radius 1 is 1.29 bits per heavy atom. The number of amides is 1. The van der Waals surface area contributed by atoms with E-state index in [1.165, 1.54) is 11.3 Å². The molecule has 0 saturated carbocycles. The molecule has 1 fully saturated rings. The molecule has 2 aromatic heterocycles. The second-order valence-electron chi connectivity index (χ2n) is 7.14. The molecule has 1 saturated heterocycles. The van der Waals surface area contributed by atoms with Crippen LogP contribution in [0.3, 0.4) is 0 Å². The molecular weight excluding hydrogens is 370 g/mol. The molecule has 0 atom stereocenters. The lowest BCUT2D eigenvalue weighted by Gasteiger charge is -2.36. The predicted molar refractivity (Wildman–Crippen MR) is 112 cm³/mol. The molecule has 0 radical (unpaired) electrons. The Hall–Kier alpha value is -2.51. The summed E-state index contributed by atoms with van der Waals surface area (Å²) in [6, 6.07) is 10.3. The number of nitrogens with one attached hydrogen (secondary N) is 1. The van der Waals surface area contributed by atoms with Gasteiger partial charge in [-0.05, 0) is 19.4 Å². The van der Waals surface area contributed by atoms with Gasteiger partial charge in [0.1, 0.15) is 10.7 Å². The number of aromatic amines is 1. The predicted octanol–water partition coefficient (Wildman–Crippen LogP) is 3.76. The van der Waals surface area contributed by atoms with Crippen molar-refractivity contribution < 1.29 is 4.79 Å². The molecule has 146 valence electrons. The van der Waals surface area contributed by atoms with Gasteiger partial charge in [0.05, 0.1) is 17.5 Å². The summed E-state index contributed by atoms with van der Waals surface area (Å²) in [5, 5.41) is 9.92. The van der Waals surface area contributed by atoms with Gasteiger partial charge < -0.3 is 9.80 Å². The Morgan fingerprint density at radius 2 is 2.04 bits per heavy atom. The van der Waals surface area contributed by atoms with Crippen LogP contribution in [0, 0.1) is 0 Å². The quantitative estimate of drug-likeness (QED) is 0.714. The molecule has 7 heteroatoms. The Kier molecular flexibility index (Phi) is 5.54. The maximum absolute atomic E-state index is 13.0. The van der Waals surface area contributed by atoms with Crippen molar-refractivity contribution in [2.75, 3.05) is 26.7 Å². The molecule has 0 aliphatic carbocycles. The summed E-state index contributed by atoms with van der Waals surface area (Å²) in [6.45, 7) is 5.37. The number of carbonyl (C=O) groups excluding carboxylic acids is 1. The lowest BCUT2D eigenvalue weighted by molar-refractivity contribution is 0.0642. The van der Waals surface area contributed by atoms with Gasteiger partial charge in [-0.1, -0.05) is 37.3 Å². The molecule has 28 heavy (non-hydrogen) atoms. The number of carbonyl (C=O) groups is 1. The van der Waals surface area contributed by atoms with E-state index in [9.17, 15) is 4.79 Å². The number of nitrogens with zero attached hydrogens (tertiary/aromatic N) is 4. The van der Waals surface area contributed by atoms with Gasteiger partial charge in [-0.25, -0.2) is 4.98 Å². The van der Waals surface area contributed by atoms with Crippen LogP contribution in [0.4, 0.5) is 0 Å². The Bertz CT molecular complexity index is 927. The molecule has 4 rings (SSSR count). The molecule has 1 aliphatic heterocycles. The van der Waals surface area contributed by atoms with Crippen molar-refractivity contribution in [3.05, 3.63) is 47.6 Å². The zero-order valence-electron chi connectivity index (χ0n) is 16.3. The molecule has 0 bridgehead atoms. The van der Waals surface area contributed by atoms with Crippen LogP contribution in [0.1, 0.15) is 30.3 Å². The second-order valence-corrected chi connectivity index (χ2v) is 8.00. The second kappa shape index (κ2) is 8.24. The van der Waals surface area contributed by atoms with E-state index in [1.54, 1.807) is 6.20 Å². The van der Waals surface area contributed by atoms with E-state index in [0.717, 1.165) is 54.3 Å². The van der Waals surface area contributed by atoms with E-state index in [-0.39, 0.29) is 11.9 Å². The fraction of sp³-hybridized carbons (Fsp3) is 0.381. The van der Waals surface area contributed by atoms with Gasteiger partial charge in [0.2, 0.25) is 0 Å². The maximum atomic E-state index is 13.0. The van der Waals surface area contributed by atoms with Gasteiger partial charge in [-0.15, -0.1) is 11.3 Å². The lowest BCUT2D eigenvalue weighted by Crippen LogP contribution is -2.45. The Morgan fingerprint density at radius 3 is 2.75 bits per heavy atom. The summed E-state index contributed by atoms with van der Waals surface area (Å²) in [7, 11) is 1.90. The number of aromatic nitrogens is 3. The van der Waals surface area contributed by atoms with Crippen molar-refractivity contribution in [1.29, 1.82) is 0 Å². The van der Waals surface area contributed by atoms with E-state index < -0.39 is 0 Å². The van der Waals surface area contributed by atoms with Crippen LogP contribution < -0.4 is 0 Å². The molecule has 6 nitrogen and oxygen atoms in total. The number of benzene rings is 1. The first kappa shape index (κ1) is 18.8. The first-order chi connectivity index (χ1) is 13.7. The first-order valence-corrected chi connectivity index (χ1v) is 10.6. The van der Waals surface area contributed by atoms with Crippen molar-refractivity contribution in [2.45, 2.75) is 25.8 Å². The van der Waals surface area contributed by atoms with Gasteiger partial charge in [-0.2, -0.15) is 5.10 Å². The van der Waals surface area contributed by atoms with Crippen molar-refractivity contribution in [2.24, 2.45) is 0 Å². The topological polar surface area (TPSA) is 65.1 Å². The zero-order valence-corrected chi connectivity index (χ0v) is 17.1. The number of hydrogen-bond donors (Lipinski definition) is 1. The summed E-state index contributed by atoms with van der Waals surface area (Å²) < 4.78 is 0. The molecule has 1 amide bonds. The van der Waals surface area contributed by atoms with E-state index in [2.05, 4.69) is 27.0 Å². The standard InChI is InChI=1S/C21H25N5OS/c1-3-26-11-9-16(10-12-26)25(2)21(27)18-14-28-20(23-18)17-13-22-24-19(17)15-7-5-4-6-8-15/h4-8,13-14,16H,3,9-12H2,1-2H3,(H,22,24). The minimum Gasteiger partial charge on any atom is -0.337 e. The summed E-state index contributed by atoms with van der Waals surface area (Å²) >= 11 is 1.49. The Balaban J connectivity index is 1.51. The molecule has 0 spiro atoms. The van der Waals surface area contributed by atoms with Crippen molar-refractivity contribution >= 4 is 17.2 Å². The molecule has 3 aromatic rings. The van der Waals surface area contributed by atoms with Gasteiger partial charge >= 0.3 is 0 Å². The van der Waals surface area contributed by atoms with Crippen LogP contribution in [0.25, 0.3) is 21.8 Å². The molecule has 1 N–H and O–H groups in total. The third-order valence-electron chi connectivity index (χ3n) is 5.53. The number of likely N-dealkylation sites (tertiary alicyclic amines) is 1. The van der Waals surface area contributed by atoms with E-state index in [1.807, 2.05) is 47.7 Å².